The zero-order valence-corrected chi connectivity index (χ0v) is 13.6. The van der Waals surface area contributed by atoms with Gasteiger partial charge in [-0.3, -0.25) is 4.79 Å². The molecule has 0 aromatic heterocycles. The van der Waals surface area contributed by atoms with E-state index in [1.807, 2.05) is 31.2 Å². The van der Waals surface area contributed by atoms with Crippen molar-refractivity contribution < 1.29 is 19.0 Å². The number of carbonyl (C=O) groups is 1. The Morgan fingerprint density at radius 1 is 1.00 bits per heavy atom. The molecule has 0 aliphatic carbocycles. The van der Waals surface area contributed by atoms with Gasteiger partial charge < -0.3 is 19.5 Å². The van der Waals surface area contributed by atoms with Gasteiger partial charge in [0.15, 0.2) is 6.61 Å². The Hall–Kier alpha value is -2.69. The van der Waals surface area contributed by atoms with Crippen LogP contribution in [0, 0.1) is 6.92 Å². The van der Waals surface area contributed by atoms with E-state index >= 15 is 0 Å². The third-order valence-electron chi connectivity index (χ3n) is 3.43. The highest BCUT2D eigenvalue weighted by Crippen LogP contribution is 2.27. The lowest BCUT2D eigenvalue weighted by Crippen LogP contribution is -2.28. The standard InChI is InChI=1S/C18H21NO4/c1-13-6-4-5-7-14(13)11-19-18(20)12-23-17-9-15(21-2)8-16(10-17)22-3/h4-10H,11-12H2,1-3H3,(H,19,20). The van der Waals surface area contributed by atoms with Crippen molar-refractivity contribution in [1.29, 1.82) is 0 Å². The van der Waals surface area contributed by atoms with Crippen LogP contribution in [-0.4, -0.2) is 26.7 Å². The first-order valence-electron chi connectivity index (χ1n) is 7.29. The minimum absolute atomic E-state index is 0.0673. The molecule has 0 bridgehead atoms. The predicted molar refractivity (Wildman–Crippen MR) is 88.1 cm³/mol. The van der Waals surface area contributed by atoms with Crippen LogP contribution in [0.5, 0.6) is 17.2 Å². The number of rotatable bonds is 7. The fraction of sp³-hybridized carbons (Fsp3) is 0.278. The predicted octanol–water partition coefficient (Wildman–Crippen LogP) is 2.71. The molecule has 5 nitrogen and oxygen atoms in total. The SMILES string of the molecule is COc1cc(OC)cc(OCC(=O)NCc2ccccc2C)c1. The fourth-order valence-electron chi connectivity index (χ4n) is 2.07. The van der Waals surface area contributed by atoms with E-state index in [1.54, 1.807) is 32.4 Å². The third kappa shape index (κ3) is 4.92. The summed E-state index contributed by atoms with van der Waals surface area (Å²) in [6.07, 6.45) is 0. The number of amides is 1. The molecule has 0 heterocycles. The maximum absolute atomic E-state index is 11.9. The lowest BCUT2D eigenvalue weighted by molar-refractivity contribution is -0.123. The summed E-state index contributed by atoms with van der Waals surface area (Å²) in [5.74, 6) is 1.56. The lowest BCUT2D eigenvalue weighted by atomic mass is 10.1. The Kier molecular flexibility index (Phi) is 5.86. The molecule has 122 valence electrons. The Bertz CT molecular complexity index is 648. The van der Waals surface area contributed by atoms with Gasteiger partial charge in [0, 0.05) is 24.7 Å². The average molecular weight is 315 g/mol. The molecule has 23 heavy (non-hydrogen) atoms. The van der Waals surface area contributed by atoms with E-state index in [-0.39, 0.29) is 12.5 Å². The minimum Gasteiger partial charge on any atom is -0.496 e. The summed E-state index contributed by atoms with van der Waals surface area (Å²) in [4.78, 5) is 11.9. The number of ether oxygens (including phenoxy) is 3. The maximum atomic E-state index is 11.9. The lowest BCUT2D eigenvalue weighted by Gasteiger charge is -2.11. The first-order chi connectivity index (χ1) is 11.1. The van der Waals surface area contributed by atoms with Crippen LogP contribution in [0.1, 0.15) is 11.1 Å². The molecule has 1 amide bonds. The molecule has 0 saturated carbocycles. The molecule has 1 N–H and O–H groups in total. The average Bonchev–Trinajstić information content (AvgIpc) is 2.58. The first-order valence-corrected chi connectivity index (χ1v) is 7.29. The van der Waals surface area contributed by atoms with E-state index < -0.39 is 0 Å². The summed E-state index contributed by atoms with van der Waals surface area (Å²) in [6, 6.07) is 13.1. The zero-order chi connectivity index (χ0) is 16.7. The number of aryl methyl sites for hydroxylation is 1. The van der Waals surface area contributed by atoms with Gasteiger partial charge in [-0.25, -0.2) is 0 Å². The molecule has 0 spiro atoms. The number of carbonyl (C=O) groups excluding carboxylic acids is 1. The van der Waals surface area contributed by atoms with Gasteiger partial charge in [0.1, 0.15) is 17.2 Å². The molecule has 0 fully saturated rings. The molecule has 2 rings (SSSR count). The van der Waals surface area contributed by atoms with E-state index in [2.05, 4.69) is 5.32 Å². The molecule has 0 aliphatic rings. The van der Waals surface area contributed by atoms with E-state index in [0.717, 1.165) is 11.1 Å². The summed E-state index contributed by atoms with van der Waals surface area (Å²) in [7, 11) is 3.13. The van der Waals surface area contributed by atoms with E-state index in [1.165, 1.54) is 0 Å². The highest BCUT2D eigenvalue weighted by molar-refractivity contribution is 5.77. The Balaban J connectivity index is 1.88. The molecular weight excluding hydrogens is 294 g/mol. The quantitative estimate of drug-likeness (QED) is 0.853. The van der Waals surface area contributed by atoms with Gasteiger partial charge in [-0.1, -0.05) is 24.3 Å². The molecule has 0 aliphatic heterocycles. The molecule has 2 aromatic carbocycles. The maximum Gasteiger partial charge on any atom is 0.258 e. The van der Waals surface area contributed by atoms with Crippen LogP contribution < -0.4 is 19.5 Å². The van der Waals surface area contributed by atoms with Crippen LogP contribution in [0.25, 0.3) is 0 Å². The van der Waals surface area contributed by atoms with Crippen molar-refractivity contribution in [2.45, 2.75) is 13.5 Å². The minimum atomic E-state index is -0.185. The molecule has 0 unspecified atom stereocenters. The van der Waals surface area contributed by atoms with Gasteiger partial charge in [-0.15, -0.1) is 0 Å². The summed E-state index contributed by atoms with van der Waals surface area (Å²) in [5.41, 5.74) is 2.23. The number of nitrogens with one attached hydrogen (secondary N) is 1. The second-order valence-electron chi connectivity index (χ2n) is 5.04. The van der Waals surface area contributed by atoms with Crippen LogP contribution in [0.3, 0.4) is 0 Å². The van der Waals surface area contributed by atoms with Crippen LogP contribution in [0.2, 0.25) is 0 Å². The second kappa shape index (κ2) is 8.08. The van der Waals surface area contributed by atoms with E-state index in [0.29, 0.717) is 23.8 Å². The smallest absolute Gasteiger partial charge is 0.258 e. The van der Waals surface area contributed by atoms with Gasteiger partial charge in [-0.05, 0) is 18.1 Å². The van der Waals surface area contributed by atoms with Gasteiger partial charge in [0.25, 0.3) is 5.91 Å². The molecule has 5 heteroatoms. The van der Waals surface area contributed by atoms with Crippen LogP contribution in [-0.2, 0) is 11.3 Å². The molecule has 0 atom stereocenters. The number of hydrogen-bond donors (Lipinski definition) is 1. The monoisotopic (exact) mass is 315 g/mol. The highest BCUT2D eigenvalue weighted by Gasteiger charge is 2.07. The van der Waals surface area contributed by atoms with Crippen molar-refractivity contribution in [2.75, 3.05) is 20.8 Å². The number of benzene rings is 2. The summed E-state index contributed by atoms with van der Waals surface area (Å²) >= 11 is 0. The molecule has 0 saturated heterocycles. The van der Waals surface area contributed by atoms with Crippen molar-refractivity contribution in [2.24, 2.45) is 0 Å². The van der Waals surface area contributed by atoms with Gasteiger partial charge in [0.2, 0.25) is 0 Å². The summed E-state index contributed by atoms with van der Waals surface area (Å²) < 4.78 is 15.8. The topological polar surface area (TPSA) is 56.8 Å². The van der Waals surface area contributed by atoms with Gasteiger partial charge in [0.05, 0.1) is 14.2 Å². The number of methoxy groups -OCH3 is 2. The van der Waals surface area contributed by atoms with Gasteiger partial charge in [-0.2, -0.15) is 0 Å². The van der Waals surface area contributed by atoms with E-state index in [9.17, 15) is 4.79 Å². The zero-order valence-electron chi connectivity index (χ0n) is 13.6. The van der Waals surface area contributed by atoms with Crippen molar-refractivity contribution in [3.63, 3.8) is 0 Å². The molecule has 2 aromatic rings. The summed E-state index contributed by atoms with van der Waals surface area (Å²) in [5, 5.41) is 2.84. The number of hydrogen-bond acceptors (Lipinski definition) is 4. The largest absolute Gasteiger partial charge is 0.496 e. The van der Waals surface area contributed by atoms with Crippen molar-refractivity contribution >= 4 is 5.91 Å². The van der Waals surface area contributed by atoms with E-state index in [4.69, 9.17) is 14.2 Å². The van der Waals surface area contributed by atoms with Crippen LogP contribution >= 0.6 is 0 Å². The Morgan fingerprint density at radius 2 is 1.61 bits per heavy atom. The van der Waals surface area contributed by atoms with Crippen molar-refractivity contribution in [3.05, 3.63) is 53.6 Å². The first kappa shape index (κ1) is 16.7. The van der Waals surface area contributed by atoms with Gasteiger partial charge >= 0.3 is 0 Å². The van der Waals surface area contributed by atoms with Crippen molar-refractivity contribution in [3.8, 4) is 17.2 Å². The summed E-state index contributed by atoms with van der Waals surface area (Å²) in [6.45, 7) is 2.43. The second-order valence-corrected chi connectivity index (χ2v) is 5.04. The Labute approximate surface area is 136 Å². The van der Waals surface area contributed by atoms with Crippen LogP contribution in [0.4, 0.5) is 0 Å². The Morgan fingerprint density at radius 3 is 2.22 bits per heavy atom. The fourth-order valence-corrected chi connectivity index (χ4v) is 2.07. The molecular formula is C18H21NO4. The van der Waals surface area contributed by atoms with Crippen molar-refractivity contribution in [1.82, 2.24) is 5.32 Å². The highest BCUT2D eigenvalue weighted by atomic mass is 16.5. The van der Waals surface area contributed by atoms with Crippen LogP contribution in [0.15, 0.2) is 42.5 Å². The third-order valence-corrected chi connectivity index (χ3v) is 3.43. The molecule has 0 radical (unpaired) electrons. The normalized spacial score (nSPS) is 10.0.